The highest BCUT2D eigenvalue weighted by Gasteiger charge is 2.18. The van der Waals surface area contributed by atoms with E-state index < -0.39 is 0 Å². The van der Waals surface area contributed by atoms with Crippen LogP contribution in [-0.4, -0.2) is 20.0 Å². The largest absolute Gasteiger partial charge is 0.496 e. The molecule has 0 bridgehead atoms. The van der Waals surface area contributed by atoms with Crippen molar-refractivity contribution >= 4 is 16.8 Å². The van der Waals surface area contributed by atoms with Crippen molar-refractivity contribution in [3.8, 4) is 22.8 Å². The summed E-state index contributed by atoms with van der Waals surface area (Å²) in [6.45, 7) is 5.34. The summed E-state index contributed by atoms with van der Waals surface area (Å²) < 4.78 is 16.9. The normalized spacial score (nSPS) is 10.6. The Kier molecular flexibility index (Phi) is 5.12. The maximum atomic E-state index is 12.6. The Balaban J connectivity index is 2.24. The number of hydrogen-bond acceptors (Lipinski definition) is 5. The van der Waals surface area contributed by atoms with Crippen molar-refractivity contribution in [1.82, 2.24) is 0 Å². The predicted octanol–water partition coefficient (Wildman–Crippen LogP) is 4.16. The first-order valence-corrected chi connectivity index (χ1v) is 8.42. The molecule has 1 aromatic heterocycles. The summed E-state index contributed by atoms with van der Waals surface area (Å²) in [5.74, 6) is 1.23. The zero-order valence-electron chi connectivity index (χ0n) is 15.5. The lowest BCUT2D eigenvalue weighted by Gasteiger charge is -2.12. The molecule has 0 radical (unpaired) electrons. The quantitative estimate of drug-likeness (QED) is 0.614. The van der Waals surface area contributed by atoms with Gasteiger partial charge in [-0.3, -0.25) is 9.59 Å². The molecule has 0 saturated heterocycles. The van der Waals surface area contributed by atoms with E-state index in [4.69, 9.17) is 13.9 Å². The van der Waals surface area contributed by atoms with E-state index in [1.165, 1.54) is 13.2 Å². The van der Waals surface area contributed by atoms with Crippen LogP contribution >= 0.6 is 0 Å². The first-order chi connectivity index (χ1) is 13.0. The molecule has 0 spiro atoms. The van der Waals surface area contributed by atoms with Crippen LogP contribution in [-0.2, 0) is 11.2 Å². The van der Waals surface area contributed by atoms with Gasteiger partial charge in [0, 0.05) is 18.1 Å². The third-order valence-corrected chi connectivity index (χ3v) is 4.34. The summed E-state index contributed by atoms with van der Waals surface area (Å²) in [5, 5.41) is 0.386. The maximum absolute atomic E-state index is 12.6. The highest BCUT2D eigenvalue weighted by Crippen LogP contribution is 2.35. The minimum Gasteiger partial charge on any atom is -0.496 e. The monoisotopic (exact) mass is 364 g/mol. The fourth-order valence-corrected chi connectivity index (χ4v) is 2.90. The number of carbonyl (C=O) groups excluding carboxylic acids is 1. The molecule has 3 rings (SSSR count). The topological polar surface area (TPSA) is 65.7 Å². The lowest BCUT2D eigenvalue weighted by Crippen LogP contribution is -2.07. The van der Waals surface area contributed by atoms with Crippen LogP contribution in [0.4, 0.5) is 0 Å². The first-order valence-electron chi connectivity index (χ1n) is 8.42. The van der Waals surface area contributed by atoms with Gasteiger partial charge in [0.1, 0.15) is 11.5 Å². The van der Waals surface area contributed by atoms with Gasteiger partial charge < -0.3 is 13.9 Å². The summed E-state index contributed by atoms with van der Waals surface area (Å²) in [7, 11) is 3.04. The highest BCUT2D eigenvalue weighted by molar-refractivity contribution is 5.97. The fourth-order valence-electron chi connectivity index (χ4n) is 2.90. The molecule has 0 amide bonds. The van der Waals surface area contributed by atoms with Crippen LogP contribution in [0.5, 0.6) is 11.5 Å². The van der Waals surface area contributed by atoms with Gasteiger partial charge in [0.25, 0.3) is 0 Å². The second kappa shape index (κ2) is 7.50. The van der Waals surface area contributed by atoms with Crippen molar-refractivity contribution in [3.63, 3.8) is 0 Å². The Morgan fingerprint density at radius 3 is 2.52 bits per heavy atom. The van der Waals surface area contributed by atoms with E-state index in [0.29, 0.717) is 44.9 Å². The van der Waals surface area contributed by atoms with Crippen molar-refractivity contribution in [2.45, 2.75) is 13.3 Å². The highest BCUT2D eigenvalue weighted by atomic mass is 16.5. The van der Waals surface area contributed by atoms with Gasteiger partial charge in [0.2, 0.25) is 0 Å². The molecule has 138 valence electrons. The number of fused-ring (bicyclic) bond motifs is 1. The molecule has 27 heavy (non-hydrogen) atoms. The average molecular weight is 364 g/mol. The number of ketones is 1. The van der Waals surface area contributed by atoms with Crippen LogP contribution in [0, 0.1) is 0 Å². The Morgan fingerprint density at radius 1 is 1.11 bits per heavy atom. The third-order valence-electron chi connectivity index (χ3n) is 4.34. The molecule has 0 unspecified atom stereocenters. The van der Waals surface area contributed by atoms with Crippen LogP contribution in [0.25, 0.3) is 22.3 Å². The van der Waals surface area contributed by atoms with E-state index in [2.05, 4.69) is 6.58 Å². The Labute approximate surface area is 156 Å². The average Bonchev–Trinajstić information content (AvgIpc) is 2.67. The Bertz CT molecular complexity index is 1090. The maximum Gasteiger partial charge on any atom is 0.193 e. The van der Waals surface area contributed by atoms with Crippen molar-refractivity contribution in [1.29, 1.82) is 0 Å². The van der Waals surface area contributed by atoms with Crippen LogP contribution in [0.3, 0.4) is 0 Å². The zero-order chi connectivity index (χ0) is 19.6. The number of Topliss-reactive ketones (excluding diaryl/α,β-unsaturated/α-hetero) is 1. The van der Waals surface area contributed by atoms with Crippen LogP contribution in [0.1, 0.15) is 12.5 Å². The standard InChI is InChI=1S/C22H20O5/c1-13(2)17(23)11-14-9-10-15-18(24)12-20(27-22(15)21(14)26-4)16-7-5-6-8-19(16)25-3/h5-10,12H,1,11H2,2-4H3. The number of benzene rings is 2. The SMILES string of the molecule is C=C(C)C(=O)Cc1ccc2c(=O)cc(-c3ccccc3OC)oc2c1OC. The van der Waals surface area contributed by atoms with Crippen molar-refractivity contribution in [3.05, 3.63) is 70.4 Å². The van der Waals surface area contributed by atoms with E-state index in [0.717, 1.165) is 0 Å². The van der Waals surface area contributed by atoms with Crippen molar-refractivity contribution in [2.75, 3.05) is 14.2 Å². The molecule has 0 aliphatic rings. The molecule has 0 aliphatic carbocycles. The number of carbonyl (C=O) groups is 1. The van der Waals surface area contributed by atoms with Crippen molar-refractivity contribution < 1.29 is 18.7 Å². The number of methoxy groups -OCH3 is 2. The third kappa shape index (κ3) is 3.49. The predicted molar refractivity (Wildman–Crippen MR) is 105 cm³/mol. The smallest absolute Gasteiger partial charge is 0.193 e. The second-order valence-corrected chi connectivity index (χ2v) is 6.19. The lowest BCUT2D eigenvalue weighted by atomic mass is 10.0. The first kappa shape index (κ1) is 18.5. The van der Waals surface area contributed by atoms with Gasteiger partial charge in [-0.25, -0.2) is 0 Å². The minimum atomic E-state index is -0.201. The van der Waals surface area contributed by atoms with E-state index >= 15 is 0 Å². The summed E-state index contributed by atoms with van der Waals surface area (Å²) in [4.78, 5) is 24.7. The number of allylic oxidation sites excluding steroid dienone is 1. The van der Waals surface area contributed by atoms with Gasteiger partial charge in [-0.15, -0.1) is 0 Å². The number of hydrogen-bond donors (Lipinski definition) is 0. The minimum absolute atomic E-state index is 0.101. The summed E-state index contributed by atoms with van der Waals surface area (Å²) >= 11 is 0. The molecular weight excluding hydrogens is 344 g/mol. The van der Waals surface area contributed by atoms with E-state index in [1.807, 2.05) is 18.2 Å². The Morgan fingerprint density at radius 2 is 1.85 bits per heavy atom. The summed E-state index contributed by atoms with van der Waals surface area (Å²) in [6, 6.07) is 12.1. The summed E-state index contributed by atoms with van der Waals surface area (Å²) in [5.41, 5.74) is 1.86. The van der Waals surface area contributed by atoms with Crippen LogP contribution < -0.4 is 14.9 Å². The molecule has 0 aliphatic heterocycles. The molecule has 0 saturated carbocycles. The molecule has 0 N–H and O–H groups in total. The number of rotatable bonds is 6. The zero-order valence-corrected chi connectivity index (χ0v) is 15.5. The van der Waals surface area contributed by atoms with E-state index in [1.54, 1.807) is 32.2 Å². The lowest BCUT2D eigenvalue weighted by molar-refractivity contribution is -0.114. The molecule has 2 aromatic carbocycles. The summed E-state index contributed by atoms with van der Waals surface area (Å²) in [6.07, 6.45) is 0.122. The number of ether oxygens (including phenoxy) is 2. The molecule has 0 atom stereocenters. The van der Waals surface area contributed by atoms with E-state index in [-0.39, 0.29) is 17.6 Å². The van der Waals surface area contributed by atoms with Gasteiger partial charge in [-0.2, -0.15) is 0 Å². The Hall–Kier alpha value is -3.34. The van der Waals surface area contributed by atoms with Crippen molar-refractivity contribution in [2.24, 2.45) is 0 Å². The fraction of sp³-hybridized carbons (Fsp3) is 0.182. The van der Waals surface area contributed by atoms with Gasteiger partial charge in [-0.05, 0) is 30.7 Å². The molecule has 5 nitrogen and oxygen atoms in total. The van der Waals surface area contributed by atoms with E-state index in [9.17, 15) is 9.59 Å². The molecule has 0 fully saturated rings. The van der Waals surface area contributed by atoms with Crippen LogP contribution in [0.15, 0.2) is 63.8 Å². The van der Waals surface area contributed by atoms with Gasteiger partial charge in [0.05, 0.1) is 25.2 Å². The second-order valence-electron chi connectivity index (χ2n) is 6.19. The van der Waals surface area contributed by atoms with Gasteiger partial charge in [0.15, 0.2) is 22.5 Å². The van der Waals surface area contributed by atoms with Gasteiger partial charge >= 0.3 is 0 Å². The van der Waals surface area contributed by atoms with Gasteiger partial charge in [-0.1, -0.05) is 24.8 Å². The number of para-hydroxylation sites is 1. The van der Waals surface area contributed by atoms with Crippen LogP contribution in [0.2, 0.25) is 0 Å². The molecule has 3 aromatic rings. The molecule has 5 heteroatoms. The molecular formula is C22H20O5. The molecule has 1 heterocycles.